The Kier molecular flexibility index (Phi) is 5.22. The predicted octanol–water partition coefficient (Wildman–Crippen LogP) is 4.48. The van der Waals surface area contributed by atoms with Crippen LogP contribution >= 0.6 is 22.9 Å². The van der Waals surface area contributed by atoms with Gasteiger partial charge < -0.3 is 9.88 Å². The highest BCUT2D eigenvalue weighted by Crippen LogP contribution is 2.27. The van der Waals surface area contributed by atoms with E-state index in [0.717, 1.165) is 11.3 Å². The molecule has 0 fully saturated rings. The predicted molar refractivity (Wildman–Crippen MR) is 115 cm³/mol. The molecule has 0 aliphatic carbocycles. The van der Waals surface area contributed by atoms with Gasteiger partial charge >= 0.3 is 0 Å². The Labute approximate surface area is 180 Å². The van der Waals surface area contributed by atoms with Gasteiger partial charge in [-0.05, 0) is 42.5 Å². The highest BCUT2D eigenvalue weighted by molar-refractivity contribution is 7.93. The summed E-state index contributed by atoms with van der Waals surface area (Å²) in [6, 6.07) is 10.1. The molecular formula is C19H14ClFN4O3S2. The van der Waals surface area contributed by atoms with Crippen LogP contribution in [-0.4, -0.2) is 23.9 Å². The molecule has 2 N–H and O–H groups in total. The average molecular weight is 465 g/mol. The first-order valence-electron chi connectivity index (χ1n) is 8.53. The van der Waals surface area contributed by atoms with Crippen molar-refractivity contribution in [2.75, 3.05) is 10.0 Å². The van der Waals surface area contributed by atoms with Crippen LogP contribution in [0.3, 0.4) is 0 Å². The Bertz CT molecular complexity index is 1350. The van der Waals surface area contributed by atoms with E-state index in [9.17, 15) is 17.6 Å². The number of hydrogen-bond donors (Lipinski definition) is 2. The number of rotatable bonds is 5. The van der Waals surface area contributed by atoms with E-state index in [0.29, 0.717) is 11.2 Å². The second kappa shape index (κ2) is 7.71. The minimum Gasteiger partial charge on any atom is -0.340 e. The molecule has 4 aromatic rings. The van der Waals surface area contributed by atoms with Crippen molar-refractivity contribution in [3.8, 4) is 0 Å². The van der Waals surface area contributed by atoms with E-state index >= 15 is 0 Å². The van der Waals surface area contributed by atoms with Gasteiger partial charge in [0, 0.05) is 29.7 Å². The van der Waals surface area contributed by atoms with E-state index in [4.69, 9.17) is 11.6 Å². The summed E-state index contributed by atoms with van der Waals surface area (Å²) in [6.45, 7) is 0. The lowest BCUT2D eigenvalue weighted by atomic mass is 10.2. The summed E-state index contributed by atoms with van der Waals surface area (Å²) in [5.41, 5.74) is 1.14. The van der Waals surface area contributed by atoms with Crippen LogP contribution in [0, 0.1) is 5.82 Å². The Hall–Kier alpha value is -2.95. The van der Waals surface area contributed by atoms with E-state index in [1.165, 1.54) is 42.6 Å². The van der Waals surface area contributed by atoms with Crippen molar-refractivity contribution >= 4 is 60.6 Å². The fraction of sp³-hybridized carbons (Fsp3) is 0.0526. The first kappa shape index (κ1) is 20.3. The molecule has 154 valence electrons. The molecule has 0 aliphatic heterocycles. The van der Waals surface area contributed by atoms with Gasteiger partial charge in [-0.25, -0.2) is 17.8 Å². The molecule has 11 heteroatoms. The highest BCUT2D eigenvalue weighted by atomic mass is 35.5. The number of carbonyl (C=O) groups is 1. The van der Waals surface area contributed by atoms with Crippen molar-refractivity contribution in [3.63, 3.8) is 0 Å². The minimum atomic E-state index is -3.79. The van der Waals surface area contributed by atoms with Crippen molar-refractivity contribution in [2.45, 2.75) is 4.90 Å². The molecule has 0 radical (unpaired) electrons. The number of hydrogen-bond acceptors (Lipinski definition) is 5. The second-order valence-electron chi connectivity index (χ2n) is 6.30. The van der Waals surface area contributed by atoms with Crippen LogP contribution in [0.4, 0.5) is 15.2 Å². The lowest BCUT2D eigenvalue weighted by Crippen LogP contribution is -2.16. The fourth-order valence-corrected chi connectivity index (χ4v) is 4.88. The number of benzene rings is 2. The summed E-state index contributed by atoms with van der Waals surface area (Å²) in [5.74, 6) is -1.06. The number of thiazole rings is 1. The van der Waals surface area contributed by atoms with Crippen molar-refractivity contribution < 1.29 is 17.6 Å². The van der Waals surface area contributed by atoms with Gasteiger partial charge in [0.2, 0.25) is 0 Å². The smallest absolute Gasteiger partial charge is 0.272 e. The van der Waals surface area contributed by atoms with Crippen molar-refractivity contribution in [3.05, 3.63) is 70.6 Å². The van der Waals surface area contributed by atoms with Crippen molar-refractivity contribution in [1.82, 2.24) is 9.55 Å². The number of anilines is 2. The largest absolute Gasteiger partial charge is 0.340 e. The molecule has 2 aromatic heterocycles. The standard InChI is InChI=1S/C19H14ClFN4O3S2/c1-25-15-7-6-14(20)17(21)13(15)10-16(25)18(26)23-11-2-4-12(5-3-11)30(27,28)24-19-22-8-9-29-19/h2-10H,1H3,(H,22,24)(H,23,26). The lowest BCUT2D eigenvalue weighted by molar-refractivity contribution is 0.101. The molecule has 0 atom stereocenters. The zero-order valence-corrected chi connectivity index (χ0v) is 17.8. The van der Waals surface area contributed by atoms with Gasteiger partial charge in [0.05, 0.1) is 15.4 Å². The van der Waals surface area contributed by atoms with Crippen LogP contribution in [0.25, 0.3) is 10.9 Å². The third-order valence-electron chi connectivity index (χ3n) is 4.42. The van der Waals surface area contributed by atoms with Crippen molar-refractivity contribution in [2.24, 2.45) is 7.05 Å². The van der Waals surface area contributed by atoms with Crippen LogP contribution < -0.4 is 10.0 Å². The maximum atomic E-state index is 14.2. The molecule has 0 unspecified atom stereocenters. The summed E-state index contributed by atoms with van der Waals surface area (Å²) in [4.78, 5) is 16.6. The number of sulfonamides is 1. The summed E-state index contributed by atoms with van der Waals surface area (Å²) < 4.78 is 42.9. The Morgan fingerprint density at radius 1 is 1.20 bits per heavy atom. The number of halogens is 2. The van der Waals surface area contributed by atoms with Gasteiger partial charge in [-0.3, -0.25) is 9.52 Å². The molecule has 7 nitrogen and oxygen atoms in total. The number of fused-ring (bicyclic) bond motifs is 1. The first-order chi connectivity index (χ1) is 14.3. The van der Waals surface area contributed by atoms with E-state index in [1.54, 1.807) is 23.1 Å². The monoisotopic (exact) mass is 464 g/mol. The Morgan fingerprint density at radius 3 is 2.60 bits per heavy atom. The molecule has 0 aliphatic rings. The van der Waals surface area contributed by atoms with Gasteiger partial charge in [0.15, 0.2) is 10.9 Å². The molecule has 0 saturated heterocycles. The van der Waals surface area contributed by atoms with Gasteiger partial charge in [0.25, 0.3) is 15.9 Å². The zero-order chi connectivity index (χ0) is 21.5. The second-order valence-corrected chi connectivity index (χ2v) is 9.29. The van der Waals surface area contributed by atoms with Crippen molar-refractivity contribution in [1.29, 1.82) is 0 Å². The van der Waals surface area contributed by atoms with E-state index < -0.39 is 21.7 Å². The number of amides is 1. The molecule has 2 aromatic carbocycles. The minimum absolute atomic E-state index is 0.0248. The zero-order valence-electron chi connectivity index (χ0n) is 15.4. The molecule has 1 amide bonds. The molecular weight excluding hydrogens is 451 g/mol. The summed E-state index contributed by atoms with van der Waals surface area (Å²) in [7, 11) is -2.14. The third-order valence-corrected chi connectivity index (χ3v) is 6.89. The van der Waals surface area contributed by atoms with Crippen LogP contribution in [0.1, 0.15) is 10.5 Å². The van der Waals surface area contributed by atoms with Gasteiger partial charge in [-0.15, -0.1) is 11.3 Å². The highest BCUT2D eigenvalue weighted by Gasteiger charge is 2.18. The average Bonchev–Trinajstić information content (AvgIpc) is 3.33. The molecule has 0 saturated carbocycles. The normalized spacial score (nSPS) is 11.6. The van der Waals surface area contributed by atoms with Crippen LogP contribution in [-0.2, 0) is 17.1 Å². The Morgan fingerprint density at radius 2 is 1.93 bits per heavy atom. The number of aryl methyl sites for hydroxylation is 1. The van der Waals surface area contributed by atoms with Crippen LogP contribution in [0.2, 0.25) is 5.02 Å². The third kappa shape index (κ3) is 3.76. The number of nitrogens with zero attached hydrogens (tertiary/aromatic N) is 2. The maximum Gasteiger partial charge on any atom is 0.272 e. The first-order valence-corrected chi connectivity index (χ1v) is 11.3. The van der Waals surface area contributed by atoms with Crippen LogP contribution in [0.5, 0.6) is 0 Å². The summed E-state index contributed by atoms with van der Waals surface area (Å²) >= 11 is 6.98. The number of carbonyl (C=O) groups excluding carboxylic acids is 1. The van der Waals surface area contributed by atoms with E-state index in [1.807, 2.05) is 0 Å². The topological polar surface area (TPSA) is 93.1 Å². The maximum absolute atomic E-state index is 14.2. The number of nitrogens with one attached hydrogen (secondary N) is 2. The molecule has 2 heterocycles. The lowest BCUT2D eigenvalue weighted by Gasteiger charge is -2.08. The number of aromatic nitrogens is 2. The quantitative estimate of drug-likeness (QED) is 0.455. The Balaban J connectivity index is 1.55. The van der Waals surface area contributed by atoms with Gasteiger partial charge in [-0.2, -0.15) is 0 Å². The summed E-state index contributed by atoms with van der Waals surface area (Å²) in [6.07, 6.45) is 1.49. The van der Waals surface area contributed by atoms with Crippen LogP contribution in [0.15, 0.2) is 58.9 Å². The molecule has 0 bridgehead atoms. The SMILES string of the molecule is Cn1c(C(=O)Nc2ccc(S(=O)(=O)Nc3nccs3)cc2)cc2c(F)c(Cl)ccc21. The molecule has 4 rings (SSSR count). The summed E-state index contributed by atoms with van der Waals surface area (Å²) in [5, 5.41) is 4.81. The molecule has 0 spiro atoms. The van der Waals surface area contributed by atoms with Gasteiger partial charge in [0.1, 0.15) is 5.69 Å². The van der Waals surface area contributed by atoms with Gasteiger partial charge in [-0.1, -0.05) is 11.6 Å². The van der Waals surface area contributed by atoms with E-state index in [-0.39, 0.29) is 26.1 Å². The fourth-order valence-electron chi connectivity index (χ4n) is 2.93. The van der Waals surface area contributed by atoms with E-state index in [2.05, 4.69) is 15.0 Å². The molecule has 30 heavy (non-hydrogen) atoms.